The van der Waals surface area contributed by atoms with Crippen LogP contribution in [0.4, 0.5) is 26.3 Å². The first-order chi connectivity index (χ1) is 16.0. The fraction of sp³-hybridized carbons (Fsp3) is 0.0714. The van der Waals surface area contributed by atoms with E-state index in [2.05, 4.69) is 11.8 Å². The third kappa shape index (κ3) is 4.63. The summed E-state index contributed by atoms with van der Waals surface area (Å²) >= 11 is 0. The lowest BCUT2D eigenvalue weighted by atomic mass is 9.96. The van der Waals surface area contributed by atoms with E-state index in [1.54, 1.807) is 36.4 Å². The molecule has 0 N–H and O–H groups in total. The van der Waals surface area contributed by atoms with Gasteiger partial charge in [-0.25, -0.2) is 0 Å². The predicted octanol–water partition coefficient (Wildman–Crippen LogP) is 8.13. The minimum Gasteiger partial charge on any atom is -0.159 e. The second kappa shape index (κ2) is 7.71. The summed E-state index contributed by atoms with van der Waals surface area (Å²) in [7, 11) is 0. The molecule has 0 nitrogen and oxygen atoms in total. The van der Waals surface area contributed by atoms with Gasteiger partial charge in [-0.2, -0.15) is 26.3 Å². The Labute approximate surface area is 189 Å². The zero-order valence-electron chi connectivity index (χ0n) is 17.2. The largest absolute Gasteiger partial charge is 0.458 e. The Hall–Kier alpha value is -4.16. The van der Waals surface area contributed by atoms with Crippen LogP contribution in [0, 0.1) is 23.7 Å². The molecule has 6 heteroatoms. The lowest BCUT2D eigenvalue weighted by molar-refractivity contribution is -0.0706. The number of benzene rings is 5. The summed E-state index contributed by atoms with van der Waals surface area (Å²) in [6.07, 6.45) is -9.10. The average molecular weight is 462 g/mol. The van der Waals surface area contributed by atoms with E-state index in [9.17, 15) is 26.3 Å². The van der Waals surface area contributed by atoms with Gasteiger partial charge >= 0.3 is 12.4 Å². The van der Waals surface area contributed by atoms with Gasteiger partial charge in [0.1, 0.15) is 0 Å². The number of rotatable bonds is 0. The van der Waals surface area contributed by atoms with E-state index in [4.69, 9.17) is 0 Å². The van der Waals surface area contributed by atoms with Crippen molar-refractivity contribution in [3.05, 3.63) is 83.9 Å². The molecule has 34 heavy (non-hydrogen) atoms. The third-order valence-corrected chi connectivity index (χ3v) is 5.40. The van der Waals surface area contributed by atoms with E-state index >= 15 is 0 Å². The molecular formula is C28H12F6. The Morgan fingerprint density at radius 1 is 0.382 bits per heavy atom. The van der Waals surface area contributed by atoms with Crippen molar-refractivity contribution in [2.75, 3.05) is 0 Å². The van der Waals surface area contributed by atoms with Crippen LogP contribution >= 0.6 is 0 Å². The lowest BCUT2D eigenvalue weighted by Gasteiger charge is -2.08. The van der Waals surface area contributed by atoms with Crippen molar-refractivity contribution in [3.8, 4) is 23.7 Å². The number of halogens is 6. The maximum absolute atomic E-state index is 12.4. The molecule has 0 atom stereocenters. The van der Waals surface area contributed by atoms with Crippen LogP contribution in [0.15, 0.2) is 72.8 Å². The highest BCUT2D eigenvalue weighted by Gasteiger charge is 2.23. The van der Waals surface area contributed by atoms with Crippen LogP contribution < -0.4 is 0 Å². The maximum atomic E-state index is 12.4. The molecule has 0 aromatic heterocycles. The van der Waals surface area contributed by atoms with Gasteiger partial charge in [-0.3, -0.25) is 0 Å². The molecule has 0 heterocycles. The number of fused-ring (bicyclic) bond motifs is 4. The van der Waals surface area contributed by atoms with Crippen molar-refractivity contribution < 1.29 is 26.3 Å². The summed E-state index contributed by atoms with van der Waals surface area (Å²) in [4.78, 5) is 0. The normalized spacial score (nSPS) is 11.9. The van der Waals surface area contributed by atoms with Crippen LogP contribution in [-0.4, -0.2) is 12.4 Å². The van der Waals surface area contributed by atoms with Crippen molar-refractivity contribution in [2.24, 2.45) is 0 Å². The molecule has 0 aliphatic carbocycles. The second-order valence-electron chi connectivity index (χ2n) is 7.87. The molecule has 0 fully saturated rings. The van der Waals surface area contributed by atoms with Gasteiger partial charge in [0, 0.05) is 23.0 Å². The van der Waals surface area contributed by atoms with E-state index in [1.807, 2.05) is 36.4 Å². The van der Waals surface area contributed by atoms with Crippen molar-refractivity contribution >= 4 is 43.1 Å². The zero-order chi connectivity index (χ0) is 24.1. The highest BCUT2D eigenvalue weighted by molar-refractivity contribution is 6.08. The SMILES string of the molecule is FC(F)(F)C#Cc1ccc2cc3cc4cc5cc(C#CC(F)(F)F)ccc5cc4cc3cc2c1. The first kappa shape index (κ1) is 21.7. The molecular weight excluding hydrogens is 450 g/mol. The molecule has 0 aliphatic rings. The molecule has 0 spiro atoms. The van der Waals surface area contributed by atoms with E-state index < -0.39 is 12.4 Å². The Balaban J connectivity index is 1.62. The maximum Gasteiger partial charge on any atom is 0.458 e. The molecule has 0 amide bonds. The second-order valence-corrected chi connectivity index (χ2v) is 7.87. The van der Waals surface area contributed by atoms with Crippen LogP contribution in [0.3, 0.4) is 0 Å². The van der Waals surface area contributed by atoms with E-state index in [0.717, 1.165) is 43.1 Å². The van der Waals surface area contributed by atoms with Gasteiger partial charge < -0.3 is 0 Å². The minimum absolute atomic E-state index is 0.278. The first-order valence-electron chi connectivity index (χ1n) is 10.1. The number of hydrogen-bond donors (Lipinski definition) is 0. The molecule has 0 radical (unpaired) electrons. The van der Waals surface area contributed by atoms with E-state index in [0.29, 0.717) is 0 Å². The molecule has 5 rings (SSSR count). The summed E-state index contributed by atoms with van der Waals surface area (Å²) in [5.74, 6) is 6.87. The summed E-state index contributed by atoms with van der Waals surface area (Å²) in [6.45, 7) is 0. The van der Waals surface area contributed by atoms with Crippen molar-refractivity contribution in [2.45, 2.75) is 12.4 Å². The van der Waals surface area contributed by atoms with Crippen LogP contribution in [-0.2, 0) is 0 Å². The fourth-order valence-electron chi connectivity index (χ4n) is 3.94. The summed E-state index contributed by atoms with van der Waals surface area (Å²) < 4.78 is 74.4. The monoisotopic (exact) mass is 462 g/mol. The summed E-state index contributed by atoms with van der Waals surface area (Å²) in [5, 5.41) is 6.94. The van der Waals surface area contributed by atoms with Crippen LogP contribution in [0.2, 0.25) is 0 Å². The van der Waals surface area contributed by atoms with Gasteiger partial charge in [-0.1, -0.05) is 24.0 Å². The Morgan fingerprint density at radius 3 is 1.00 bits per heavy atom. The summed E-state index contributed by atoms with van der Waals surface area (Å²) in [6, 6.07) is 21.5. The lowest BCUT2D eigenvalue weighted by Crippen LogP contribution is -2.01. The molecule has 0 saturated carbocycles. The quantitative estimate of drug-likeness (QED) is 0.124. The first-order valence-corrected chi connectivity index (χ1v) is 10.1. The third-order valence-electron chi connectivity index (χ3n) is 5.40. The van der Waals surface area contributed by atoms with Crippen molar-refractivity contribution in [1.82, 2.24) is 0 Å². The molecule has 5 aromatic rings. The highest BCUT2D eigenvalue weighted by atomic mass is 19.4. The van der Waals surface area contributed by atoms with Crippen LogP contribution in [0.5, 0.6) is 0 Å². The van der Waals surface area contributed by atoms with E-state index in [-0.39, 0.29) is 11.1 Å². The fourth-order valence-corrected chi connectivity index (χ4v) is 3.94. The minimum atomic E-state index is -4.55. The Morgan fingerprint density at radius 2 is 0.676 bits per heavy atom. The van der Waals surface area contributed by atoms with E-state index in [1.165, 1.54) is 11.8 Å². The standard InChI is InChI=1S/C28H12F6/c29-27(30,31)7-5-17-1-3-19-11-23-15-26-14-22-10-18(6-8-28(32,33)34)2-4-20(22)12-24(26)16-25(23)13-21(19)9-17/h1-4,9-16H. The van der Waals surface area contributed by atoms with Crippen LogP contribution in [0.25, 0.3) is 43.1 Å². The smallest absolute Gasteiger partial charge is 0.159 e. The molecule has 0 saturated heterocycles. The topological polar surface area (TPSA) is 0 Å². The molecule has 5 aromatic carbocycles. The predicted molar refractivity (Wildman–Crippen MR) is 122 cm³/mol. The molecule has 166 valence electrons. The summed E-state index contributed by atoms with van der Waals surface area (Å²) in [5.41, 5.74) is 0.556. The van der Waals surface area contributed by atoms with Crippen LogP contribution in [0.1, 0.15) is 11.1 Å². The van der Waals surface area contributed by atoms with Crippen molar-refractivity contribution in [1.29, 1.82) is 0 Å². The van der Waals surface area contributed by atoms with Gasteiger partial charge in [0.15, 0.2) is 0 Å². The van der Waals surface area contributed by atoms with Gasteiger partial charge in [0.2, 0.25) is 0 Å². The van der Waals surface area contributed by atoms with Gasteiger partial charge in [-0.05, 0) is 104 Å². The molecule has 0 aliphatic heterocycles. The van der Waals surface area contributed by atoms with Gasteiger partial charge in [0.05, 0.1) is 0 Å². The van der Waals surface area contributed by atoms with Gasteiger partial charge in [0.25, 0.3) is 0 Å². The molecule has 0 unspecified atom stereocenters. The Bertz CT molecular complexity index is 1600. The Kier molecular flexibility index (Phi) is 4.92. The highest BCUT2D eigenvalue weighted by Crippen LogP contribution is 2.31. The number of alkyl halides is 6. The number of hydrogen-bond acceptors (Lipinski definition) is 0. The van der Waals surface area contributed by atoms with Gasteiger partial charge in [-0.15, -0.1) is 0 Å². The average Bonchev–Trinajstić information content (AvgIpc) is 2.76. The zero-order valence-corrected chi connectivity index (χ0v) is 17.2. The molecule has 0 bridgehead atoms. The van der Waals surface area contributed by atoms with Crippen molar-refractivity contribution in [3.63, 3.8) is 0 Å².